The number of hydrogen-bond donors (Lipinski definition) is 1. The number of nitrogens with zero attached hydrogens (tertiary/aromatic N) is 1. The second kappa shape index (κ2) is 5.80. The van der Waals surface area contributed by atoms with Crippen LogP contribution < -0.4 is 5.73 Å². The van der Waals surface area contributed by atoms with Crippen LogP contribution in [-0.4, -0.2) is 11.9 Å². The van der Waals surface area contributed by atoms with E-state index in [4.69, 9.17) is 10.2 Å². The molecule has 0 radical (unpaired) electrons. The van der Waals surface area contributed by atoms with E-state index >= 15 is 0 Å². The van der Waals surface area contributed by atoms with Crippen LogP contribution in [0.25, 0.3) is 0 Å². The molecule has 2 rings (SSSR count). The Hall–Kier alpha value is -1.65. The fourth-order valence-electron chi connectivity index (χ4n) is 1.95. The lowest BCUT2D eigenvalue weighted by Gasteiger charge is -2.17. The summed E-state index contributed by atoms with van der Waals surface area (Å²) in [5, 5.41) is 0. The molecule has 0 fully saturated rings. The summed E-state index contributed by atoms with van der Waals surface area (Å²) >= 11 is 0. The fourth-order valence-corrected chi connectivity index (χ4v) is 1.95. The first-order chi connectivity index (χ1) is 8.70. The molecule has 0 bridgehead atoms. The van der Waals surface area contributed by atoms with Gasteiger partial charge in [0.25, 0.3) is 0 Å². The van der Waals surface area contributed by atoms with Gasteiger partial charge in [0.15, 0.2) is 0 Å². The van der Waals surface area contributed by atoms with Crippen LogP contribution in [0.5, 0.6) is 0 Å². The largest absolute Gasteiger partial charge is 0.472 e. The standard InChI is InChI=1S/C14H17FN2O/c1-17(8-11-5-6-18-10-11)9-13-4-2-3-12(7-16)14(13)15/h2-6,10H,7-9,16H2,1H3. The molecular formula is C14H17FN2O. The molecule has 4 heteroatoms. The Bertz CT molecular complexity index is 497. The number of rotatable bonds is 5. The highest BCUT2D eigenvalue weighted by atomic mass is 19.1. The second-order valence-electron chi connectivity index (χ2n) is 4.40. The van der Waals surface area contributed by atoms with Crippen LogP contribution in [0.15, 0.2) is 41.2 Å². The maximum absolute atomic E-state index is 14.0. The van der Waals surface area contributed by atoms with Gasteiger partial charge in [-0.2, -0.15) is 0 Å². The molecule has 1 aromatic heterocycles. The first kappa shape index (κ1) is 12.8. The lowest BCUT2D eigenvalue weighted by Crippen LogP contribution is -2.18. The van der Waals surface area contributed by atoms with Gasteiger partial charge in [-0.05, 0) is 13.1 Å². The Morgan fingerprint density at radius 2 is 2.00 bits per heavy atom. The molecule has 96 valence electrons. The van der Waals surface area contributed by atoms with E-state index in [1.54, 1.807) is 24.7 Å². The van der Waals surface area contributed by atoms with E-state index < -0.39 is 0 Å². The molecule has 0 aliphatic heterocycles. The summed E-state index contributed by atoms with van der Waals surface area (Å²) in [6.07, 6.45) is 3.34. The summed E-state index contributed by atoms with van der Waals surface area (Å²) in [4.78, 5) is 2.03. The Balaban J connectivity index is 2.05. The van der Waals surface area contributed by atoms with Crippen LogP contribution in [0.1, 0.15) is 16.7 Å². The van der Waals surface area contributed by atoms with Gasteiger partial charge in [0.05, 0.1) is 12.5 Å². The van der Waals surface area contributed by atoms with Crippen molar-refractivity contribution >= 4 is 0 Å². The third kappa shape index (κ3) is 2.97. The summed E-state index contributed by atoms with van der Waals surface area (Å²) in [7, 11) is 1.95. The fraction of sp³-hybridized carbons (Fsp3) is 0.286. The number of benzene rings is 1. The molecule has 0 aliphatic carbocycles. The van der Waals surface area contributed by atoms with E-state index in [-0.39, 0.29) is 12.4 Å². The highest BCUT2D eigenvalue weighted by molar-refractivity contribution is 5.26. The quantitative estimate of drug-likeness (QED) is 0.884. The Kier molecular flexibility index (Phi) is 4.12. The molecule has 1 aromatic carbocycles. The molecule has 0 amide bonds. The van der Waals surface area contributed by atoms with Crippen LogP contribution in [0.2, 0.25) is 0 Å². The van der Waals surface area contributed by atoms with E-state index in [0.717, 1.165) is 12.1 Å². The highest BCUT2D eigenvalue weighted by Gasteiger charge is 2.09. The van der Waals surface area contributed by atoms with Crippen molar-refractivity contribution in [2.24, 2.45) is 5.73 Å². The van der Waals surface area contributed by atoms with Gasteiger partial charge in [0, 0.05) is 36.3 Å². The zero-order chi connectivity index (χ0) is 13.0. The molecule has 2 N–H and O–H groups in total. The van der Waals surface area contributed by atoms with Crippen molar-refractivity contribution in [2.45, 2.75) is 19.6 Å². The minimum atomic E-state index is -0.195. The van der Waals surface area contributed by atoms with Crippen molar-refractivity contribution in [3.63, 3.8) is 0 Å². The Morgan fingerprint density at radius 3 is 2.67 bits per heavy atom. The monoisotopic (exact) mass is 248 g/mol. The molecule has 3 nitrogen and oxygen atoms in total. The summed E-state index contributed by atoms with van der Waals surface area (Å²) in [5.41, 5.74) is 7.80. The van der Waals surface area contributed by atoms with Crippen LogP contribution in [0, 0.1) is 5.82 Å². The zero-order valence-electron chi connectivity index (χ0n) is 10.4. The van der Waals surface area contributed by atoms with Crippen molar-refractivity contribution in [3.8, 4) is 0 Å². The van der Waals surface area contributed by atoms with E-state index in [1.165, 1.54) is 0 Å². The van der Waals surface area contributed by atoms with Crippen LogP contribution >= 0.6 is 0 Å². The van der Waals surface area contributed by atoms with Gasteiger partial charge >= 0.3 is 0 Å². The van der Waals surface area contributed by atoms with Crippen LogP contribution in [-0.2, 0) is 19.6 Å². The Morgan fingerprint density at radius 1 is 1.22 bits per heavy atom. The molecule has 0 saturated carbocycles. The number of hydrogen-bond acceptors (Lipinski definition) is 3. The van der Waals surface area contributed by atoms with Gasteiger partial charge < -0.3 is 10.2 Å². The third-order valence-corrected chi connectivity index (χ3v) is 2.85. The number of halogens is 1. The maximum atomic E-state index is 14.0. The molecule has 0 saturated heterocycles. The SMILES string of the molecule is CN(Cc1ccoc1)Cc1cccc(CN)c1F. The van der Waals surface area contributed by atoms with Gasteiger partial charge in [-0.25, -0.2) is 4.39 Å². The average molecular weight is 248 g/mol. The molecule has 0 spiro atoms. The first-order valence-corrected chi connectivity index (χ1v) is 5.86. The molecule has 2 aromatic rings. The summed E-state index contributed by atoms with van der Waals surface area (Å²) in [5.74, 6) is -0.195. The number of furan rings is 1. The van der Waals surface area contributed by atoms with Gasteiger partial charge in [-0.3, -0.25) is 4.90 Å². The minimum Gasteiger partial charge on any atom is -0.472 e. The van der Waals surface area contributed by atoms with E-state index in [0.29, 0.717) is 17.7 Å². The average Bonchev–Trinajstić information content (AvgIpc) is 2.84. The van der Waals surface area contributed by atoms with E-state index in [9.17, 15) is 4.39 Å². The van der Waals surface area contributed by atoms with Crippen molar-refractivity contribution in [1.82, 2.24) is 4.90 Å². The maximum Gasteiger partial charge on any atom is 0.132 e. The van der Waals surface area contributed by atoms with Crippen LogP contribution in [0.3, 0.4) is 0 Å². The van der Waals surface area contributed by atoms with Crippen molar-refractivity contribution in [2.75, 3.05) is 7.05 Å². The number of nitrogens with two attached hydrogens (primary N) is 1. The normalized spacial score (nSPS) is 11.1. The predicted octanol–water partition coefficient (Wildman–Crippen LogP) is 2.51. The second-order valence-corrected chi connectivity index (χ2v) is 4.40. The van der Waals surface area contributed by atoms with E-state index in [2.05, 4.69) is 0 Å². The van der Waals surface area contributed by atoms with Crippen molar-refractivity contribution in [1.29, 1.82) is 0 Å². The molecule has 0 atom stereocenters. The molecule has 0 aliphatic rings. The summed E-state index contributed by atoms with van der Waals surface area (Å²) in [6, 6.07) is 7.25. The van der Waals surface area contributed by atoms with Gasteiger partial charge in [0.1, 0.15) is 5.82 Å². The molecule has 0 unspecified atom stereocenters. The van der Waals surface area contributed by atoms with Gasteiger partial charge in [-0.1, -0.05) is 18.2 Å². The predicted molar refractivity (Wildman–Crippen MR) is 68.2 cm³/mol. The van der Waals surface area contributed by atoms with Gasteiger partial charge in [-0.15, -0.1) is 0 Å². The first-order valence-electron chi connectivity index (χ1n) is 5.86. The molecule has 18 heavy (non-hydrogen) atoms. The van der Waals surface area contributed by atoms with Crippen LogP contribution in [0.4, 0.5) is 4.39 Å². The zero-order valence-corrected chi connectivity index (χ0v) is 10.4. The molecular weight excluding hydrogens is 231 g/mol. The summed E-state index contributed by atoms with van der Waals surface area (Å²) < 4.78 is 19.0. The highest BCUT2D eigenvalue weighted by Crippen LogP contribution is 2.15. The Labute approximate surface area is 106 Å². The minimum absolute atomic E-state index is 0.195. The lowest BCUT2D eigenvalue weighted by molar-refractivity contribution is 0.312. The third-order valence-electron chi connectivity index (χ3n) is 2.85. The van der Waals surface area contributed by atoms with Gasteiger partial charge in [0.2, 0.25) is 0 Å². The van der Waals surface area contributed by atoms with E-state index in [1.807, 2.05) is 24.1 Å². The topological polar surface area (TPSA) is 42.4 Å². The van der Waals surface area contributed by atoms with Crippen molar-refractivity contribution < 1.29 is 8.81 Å². The molecule has 1 heterocycles. The van der Waals surface area contributed by atoms with Crippen molar-refractivity contribution in [3.05, 3.63) is 59.3 Å². The lowest BCUT2D eigenvalue weighted by atomic mass is 10.1. The summed E-state index contributed by atoms with van der Waals surface area (Å²) in [6.45, 7) is 1.50. The smallest absolute Gasteiger partial charge is 0.132 e.